The Bertz CT molecular complexity index is 1070. The summed E-state index contributed by atoms with van der Waals surface area (Å²) in [6, 6.07) is 5.35. The fourth-order valence-corrected chi connectivity index (χ4v) is 3.74. The van der Waals surface area contributed by atoms with Crippen molar-refractivity contribution < 1.29 is 9.59 Å². The van der Waals surface area contributed by atoms with Gasteiger partial charge in [-0.3, -0.25) is 9.59 Å². The molecule has 29 heavy (non-hydrogen) atoms. The minimum absolute atomic E-state index is 0.0457. The van der Waals surface area contributed by atoms with Crippen LogP contribution in [0.25, 0.3) is 11.0 Å². The predicted molar refractivity (Wildman–Crippen MR) is 109 cm³/mol. The van der Waals surface area contributed by atoms with Crippen molar-refractivity contribution in [2.75, 3.05) is 19.4 Å². The summed E-state index contributed by atoms with van der Waals surface area (Å²) in [5, 5.41) is 3.92. The van der Waals surface area contributed by atoms with Gasteiger partial charge in [-0.05, 0) is 31.0 Å². The first-order chi connectivity index (χ1) is 13.9. The van der Waals surface area contributed by atoms with E-state index in [4.69, 9.17) is 5.73 Å². The quantitative estimate of drug-likeness (QED) is 0.687. The molecule has 0 unspecified atom stereocenters. The number of hydrogen-bond acceptors (Lipinski definition) is 6. The minimum Gasteiger partial charge on any atom is -0.364 e. The van der Waals surface area contributed by atoms with E-state index in [1.807, 2.05) is 6.07 Å². The van der Waals surface area contributed by atoms with Crippen LogP contribution in [0.2, 0.25) is 0 Å². The molecule has 3 N–H and O–H groups in total. The highest BCUT2D eigenvalue weighted by atomic mass is 16.2. The Kier molecular flexibility index (Phi) is 4.87. The Hall–Kier alpha value is -3.49. The van der Waals surface area contributed by atoms with Crippen molar-refractivity contribution in [2.24, 2.45) is 5.73 Å². The van der Waals surface area contributed by atoms with Crippen LogP contribution in [0.4, 0.5) is 11.6 Å². The minimum atomic E-state index is -0.582. The van der Waals surface area contributed by atoms with E-state index < -0.39 is 5.91 Å². The summed E-state index contributed by atoms with van der Waals surface area (Å²) in [4.78, 5) is 38.6. The van der Waals surface area contributed by atoms with Crippen LogP contribution in [0.3, 0.4) is 0 Å². The first kappa shape index (κ1) is 18.9. The number of fused-ring (bicyclic) bond motifs is 1. The largest absolute Gasteiger partial charge is 0.364 e. The average molecular weight is 393 g/mol. The van der Waals surface area contributed by atoms with Crippen LogP contribution in [0.15, 0.2) is 30.6 Å². The molecule has 9 heteroatoms. The zero-order valence-electron chi connectivity index (χ0n) is 16.4. The summed E-state index contributed by atoms with van der Waals surface area (Å²) in [5.41, 5.74) is 7.42. The number of pyridine rings is 1. The molecule has 4 rings (SSSR count). The molecule has 1 aliphatic rings. The zero-order valence-corrected chi connectivity index (χ0v) is 16.4. The number of amides is 2. The van der Waals surface area contributed by atoms with Crippen LogP contribution in [-0.2, 0) is 0 Å². The molecular weight excluding hydrogens is 370 g/mol. The van der Waals surface area contributed by atoms with Gasteiger partial charge >= 0.3 is 0 Å². The van der Waals surface area contributed by atoms with E-state index in [9.17, 15) is 9.59 Å². The fourth-order valence-electron chi connectivity index (χ4n) is 3.74. The molecule has 1 saturated carbocycles. The number of carbonyl (C=O) groups excluding carboxylic acids is 2. The molecule has 0 spiro atoms. The van der Waals surface area contributed by atoms with Gasteiger partial charge in [0.25, 0.3) is 11.8 Å². The molecule has 0 bridgehead atoms. The molecule has 1 aliphatic carbocycles. The van der Waals surface area contributed by atoms with Gasteiger partial charge < -0.3 is 20.5 Å². The van der Waals surface area contributed by atoms with Gasteiger partial charge in [-0.2, -0.15) is 4.98 Å². The zero-order chi connectivity index (χ0) is 20.5. The Balaban J connectivity index is 1.73. The smallest absolute Gasteiger partial charge is 0.270 e. The number of anilines is 2. The lowest BCUT2D eigenvalue weighted by atomic mass is 10.2. The molecule has 3 aromatic heterocycles. The summed E-state index contributed by atoms with van der Waals surface area (Å²) in [7, 11) is 3.50. The first-order valence-corrected chi connectivity index (χ1v) is 9.56. The molecule has 1 fully saturated rings. The van der Waals surface area contributed by atoms with Gasteiger partial charge in [0.15, 0.2) is 0 Å². The van der Waals surface area contributed by atoms with Gasteiger partial charge in [0, 0.05) is 31.7 Å². The SMILES string of the molecule is CN(C)C(=O)c1cc2cnc(Nc3ccc(C(N)=O)nc3)nc2n1C1CCCC1. The fraction of sp³-hybridized carbons (Fsp3) is 0.350. The molecule has 9 nitrogen and oxygen atoms in total. The number of nitrogens with one attached hydrogen (secondary N) is 1. The van der Waals surface area contributed by atoms with Gasteiger partial charge in [-0.15, -0.1) is 0 Å². The van der Waals surface area contributed by atoms with E-state index in [0.717, 1.165) is 36.7 Å². The third-order valence-electron chi connectivity index (χ3n) is 5.16. The Morgan fingerprint density at radius 3 is 2.55 bits per heavy atom. The normalized spacial score (nSPS) is 14.3. The molecule has 2 amide bonds. The second-order valence-corrected chi connectivity index (χ2v) is 7.43. The summed E-state index contributed by atoms with van der Waals surface area (Å²) < 4.78 is 2.06. The number of nitrogens with zero attached hydrogens (tertiary/aromatic N) is 5. The maximum atomic E-state index is 12.7. The van der Waals surface area contributed by atoms with Gasteiger partial charge in [0.1, 0.15) is 17.0 Å². The van der Waals surface area contributed by atoms with Crippen LogP contribution in [0.5, 0.6) is 0 Å². The second kappa shape index (κ2) is 7.50. The topological polar surface area (TPSA) is 119 Å². The number of nitrogens with two attached hydrogens (primary N) is 1. The monoisotopic (exact) mass is 393 g/mol. The van der Waals surface area contributed by atoms with E-state index in [-0.39, 0.29) is 17.6 Å². The van der Waals surface area contributed by atoms with Gasteiger partial charge in [-0.25, -0.2) is 9.97 Å². The molecule has 0 saturated heterocycles. The van der Waals surface area contributed by atoms with Gasteiger partial charge in [0.2, 0.25) is 5.95 Å². The summed E-state index contributed by atoms with van der Waals surface area (Å²) in [5.74, 6) is -0.232. The Labute approximate surface area is 167 Å². The third kappa shape index (κ3) is 3.63. The maximum Gasteiger partial charge on any atom is 0.270 e. The Morgan fingerprint density at radius 2 is 1.93 bits per heavy atom. The third-order valence-corrected chi connectivity index (χ3v) is 5.16. The van der Waals surface area contributed by atoms with E-state index in [1.54, 1.807) is 31.3 Å². The van der Waals surface area contributed by atoms with Crippen LogP contribution in [0.1, 0.15) is 52.7 Å². The van der Waals surface area contributed by atoms with E-state index >= 15 is 0 Å². The van der Waals surface area contributed by atoms with Crippen LogP contribution in [-0.4, -0.2) is 50.3 Å². The molecule has 0 radical (unpaired) electrons. The maximum absolute atomic E-state index is 12.7. The van der Waals surface area contributed by atoms with Crippen LogP contribution < -0.4 is 11.1 Å². The number of rotatable bonds is 5. The molecule has 0 aromatic carbocycles. The summed E-state index contributed by atoms with van der Waals surface area (Å²) >= 11 is 0. The second-order valence-electron chi connectivity index (χ2n) is 7.43. The molecule has 3 aromatic rings. The highest BCUT2D eigenvalue weighted by Crippen LogP contribution is 2.34. The van der Waals surface area contributed by atoms with E-state index in [0.29, 0.717) is 17.3 Å². The highest BCUT2D eigenvalue weighted by molar-refractivity contribution is 5.98. The lowest BCUT2D eigenvalue weighted by Crippen LogP contribution is -2.25. The van der Waals surface area contributed by atoms with Crippen molar-refractivity contribution in [3.8, 4) is 0 Å². The van der Waals surface area contributed by atoms with E-state index in [2.05, 4.69) is 24.8 Å². The first-order valence-electron chi connectivity index (χ1n) is 9.56. The van der Waals surface area contributed by atoms with Crippen LogP contribution in [0, 0.1) is 0 Å². The molecule has 0 aliphatic heterocycles. The number of hydrogen-bond donors (Lipinski definition) is 2. The van der Waals surface area contributed by atoms with Crippen molar-refractivity contribution in [1.29, 1.82) is 0 Å². The molecular formula is C20H23N7O2. The van der Waals surface area contributed by atoms with Crippen molar-refractivity contribution in [3.05, 3.63) is 42.0 Å². The molecule has 3 heterocycles. The van der Waals surface area contributed by atoms with Crippen molar-refractivity contribution in [2.45, 2.75) is 31.7 Å². The number of primary amides is 1. The van der Waals surface area contributed by atoms with Crippen molar-refractivity contribution >= 4 is 34.5 Å². The van der Waals surface area contributed by atoms with E-state index in [1.165, 1.54) is 12.3 Å². The summed E-state index contributed by atoms with van der Waals surface area (Å²) in [6.07, 6.45) is 7.58. The molecule has 0 atom stereocenters. The summed E-state index contributed by atoms with van der Waals surface area (Å²) in [6.45, 7) is 0. The highest BCUT2D eigenvalue weighted by Gasteiger charge is 2.26. The lowest BCUT2D eigenvalue weighted by Gasteiger charge is -2.19. The van der Waals surface area contributed by atoms with Gasteiger partial charge in [0.05, 0.1) is 11.9 Å². The number of aromatic nitrogens is 4. The standard InChI is InChI=1S/C20H23N7O2/c1-26(2)19(29)16-9-12-10-23-20(24-13-7-8-15(17(21)28)22-11-13)25-18(12)27(16)14-5-3-4-6-14/h7-11,14H,3-6H2,1-2H3,(H2,21,28)(H,23,24,25). The van der Waals surface area contributed by atoms with Crippen molar-refractivity contribution in [1.82, 2.24) is 24.4 Å². The molecule has 150 valence electrons. The van der Waals surface area contributed by atoms with Crippen LogP contribution >= 0.6 is 0 Å². The lowest BCUT2D eigenvalue weighted by molar-refractivity contribution is 0.0815. The van der Waals surface area contributed by atoms with Gasteiger partial charge in [-0.1, -0.05) is 12.8 Å². The predicted octanol–water partition coefficient (Wildman–Crippen LogP) is 2.49. The number of carbonyl (C=O) groups is 2. The van der Waals surface area contributed by atoms with Crippen molar-refractivity contribution in [3.63, 3.8) is 0 Å². The Morgan fingerprint density at radius 1 is 1.17 bits per heavy atom. The average Bonchev–Trinajstić information content (AvgIpc) is 3.34.